The van der Waals surface area contributed by atoms with Crippen LogP contribution in [0, 0.1) is 5.41 Å². The molecule has 0 heterocycles. The van der Waals surface area contributed by atoms with Gasteiger partial charge in [0.15, 0.2) is 0 Å². The first-order valence-electron chi connectivity index (χ1n) is 4.95. The van der Waals surface area contributed by atoms with Crippen LogP contribution in [-0.2, 0) is 0 Å². The van der Waals surface area contributed by atoms with Gasteiger partial charge in [0, 0.05) is 16.6 Å². The molecular weight excluding hydrogens is 210 g/mol. The summed E-state index contributed by atoms with van der Waals surface area (Å²) in [6.45, 7) is 6.29. The van der Waals surface area contributed by atoms with E-state index in [-0.39, 0.29) is 11.5 Å². The lowest BCUT2D eigenvalue weighted by atomic mass is 9.83. The van der Waals surface area contributed by atoms with Crippen molar-refractivity contribution >= 4 is 11.6 Å². The van der Waals surface area contributed by atoms with E-state index in [1.165, 1.54) is 0 Å². The van der Waals surface area contributed by atoms with Crippen LogP contribution in [0.4, 0.5) is 0 Å². The first kappa shape index (κ1) is 12.3. The highest BCUT2D eigenvalue weighted by Gasteiger charge is 2.25. The fourth-order valence-electron chi connectivity index (χ4n) is 1.41. The van der Waals surface area contributed by atoms with Gasteiger partial charge in [0.2, 0.25) is 0 Å². The van der Waals surface area contributed by atoms with Crippen molar-refractivity contribution in [1.82, 2.24) is 0 Å². The molecule has 0 spiro atoms. The Morgan fingerprint density at radius 1 is 1.33 bits per heavy atom. The highest BCUT2D eigenvalue weighted by Crippen LogP contribution is 2.36. The summed E-state index contributed by atoms with van der Waals surface area (Å²) in [7, 11) is 1.64. The smallest absolute Gasteiger partial charge is 0.123 e. The Morgan fingerprint density at radius 3 is 2.40 bits per heavy atom. The van der Waals surface area contributed by atoms with Crippen LogP contribution in [0.5, 0.6) is 5.75 Å². The van der Waals surface area contributed by atoms with Crippen molar-refractivity contribution in [3.05, 3.63) is 28.8 Å². The van der Waals surface area contributed by atoms with E-state index < -0.39 is 0 Å². The zero-order valence-electron chi connectivity index (χ0n) is 9.67. The van der Waals surface area contributed by atoms with Crippen molar-refractivity contribution < 1.29 is 4.74 Å². The van der Waals surface area contributed by atoms with Gasteiger partial charge in [-0.2, -0.15) is 0 Å². The molecule has 0 amide bonds. The van der Waals surface area contributed by atoms with E-state index in [0.717, 1.165) is 11.3 Å². The Morgan fingerprint density at radius 2 is 1.93 bits per heavy atom. The third-order valence-corrected chi connectivity index (χ3v) is 2.69. The van der Waals surface area contributed by atoms with Gasteiger partial charge in [0.1, 0.15) is 5.75 Å². The third-order valence-electron chi connectivity index (χ3n) is 2.46. The van der Waals surface area contributed by atoms with Crippen molar-refractivity contribution in [3.63, 3.8) is 0 Å². The summed E-state index contributed by atoms with van der Waals surface area (Å²) in [5.74, 6) is 0.793. The Kier molecular flexibility index (Phi) is 3.63. The molecular formula is C12H18ClNO. The first-order valence-corrected chi connectivity index (χ1v) is 5.33. The van der Waals surface area contributed by atoms with Crippen molar-refractivity contribution in [2.24, 2.45) is 11.1 Å². The number of hydrogen-bond donors (Lipinski definition) is 1. The molecule has 3 heteroatoms. The van der Waals surface area contributed by atoms with Crippen LogP contribution in [0.25, 0.3) is 0 Å². The number of hydrogen-bond acceptors (Lipinski definition) is 2. The number of halogens is 1. The predicted octanol–water partition coefficient (Wildman–Crippen LogP) is 3.39. The average molecular weight is 228 g/mol. The zero-order valence-corrected chi connectivity index (χ0v) is 10.4. The van der Waals surface area contributed by atoms with Crippen molar-refractivity contribution in [1.29, 1.82) is 0 Å². The van der Waals surface area contributed by atoms with Gasteiger partial charge >= 0.3 is 0 Å². The highest BCUT2D eigenvalue weighted by molar-refractivity contribution is 6.30. The van der Waals surface area contributed by atoms with Crippen LogP contribution in [-0.4, -0.2) is 7.11 Å². The molecule has 0 radical (unpaired) electrons. The van der Waals surface area contributed by atoms with E-state index >= 15 is 0 Å². The van der Waals surface area contributed by atoms with Gasteiger partial charge in [-0.05, 0) is 23.6 Å². The molecule has 2 N–H and O–H groups in total. The van der Waals surface area contributed by atoms with Gasteiger partial charge in [-0.15, -0.1) is 0 Å². The zero-order chi connectivity index (χ0) is 11.6. The standard InChI is InChI=1S/C12H18ClNO/c1-12(2,3)11(14)9-7-8(13)5-6-10(9)15-4/h5-7,11H,14H2,1-4H3. The maximum Gasteiger partial charge on any atom is 0.123 e. The van der Waals surface area contributed by atoms with Gasteiger partial charge in [0.05, 0.1) is 7.11 Å². The van der Waals surface area contributed by atoms with Crippen LogP contribution in [0.1, 0.15) is 32.4 Å². The lowest BCUT2D eigenvalue weighted by molar-refractivity contribution is 0.314. The Hall–Kier alpha value is -0.730. The maximum absolute atomic E-state index is 6.18. The molecule has 0 aliphatic carbocycles. The van der Waals surface area contributed by atoms with Gasteiger partial charge in [0.25, 0.3) is 0 Å². The second-order valence-electron chi connectivity index (χ2n) is 4.73. The molecule has 84 valence electrons. The third kappa shape index (κ3) is 2.86. The second-order valence-corrected chi connectivity index (χ2v) is 5.17. The fourth-order valence-corrected chi connectivity index (χ4v) is 1.60. The molecule has 1 aromatic carbocycles. The normalized spacial score (nSPS) is 13.7. The molecule has 1 atom stereocenters. The Labute approximate surface area is 96.4 Å². The molecule has 15 heavy (non-hydrogen) atoms. The largest absolute Gasteiger partial charge is 0.496 e. The molecule has 0 bridgehead atoms. The van der Waals surface area contributed by atoms with Crippen LogP contribution in [0.3, 0.4) is 0 Å². The monoisotopic (exact) mass is 227 g/mol. The summed E-state index contributed by atoms with van der Waals surface area (Å²) in [6.07, 6.45) is 0. The fraction of sp³-hybridized carbons (Fsp3) is 0.500. The minimum atomic E-state index is -0.0915. The number of benzene rings is 1. The van der Waals surface area contributed by atoms with Crippen molar-refractivity contribution in [2.45, 2.75) is 26.8 Å². The first-order chi connectivity index (χ1) is 6.86. The topological polar surface area (TPSA) is 35.2 Å². The second kappa shape index (κ2) is 4.42. The van der Waals surface area contributed by atoms with Crippen LogP contribution in [0.2, 0.25) is 5.02 Å². The predicted molar refractivity (Wildman–Crippen MR) is 64.4 cm³/mol. The van der Waals surface area contributed by atoms with Gasteiger partial charge in [-0.1, -0.05) is 32.4 Å². The summed E-state index contributed by atoms with van der Waals surface area (Å²) in [5, 5.41) is 0.686. The molecule has 1 aromatic rings. The summed E-state index contributed by atoms with van der Waals surface area (Å²) in [6, 6.07) is 5.44. The molecule has 0 saturated carbocycles. The molecule has 0 saturated heterocycles. The molecule has 0 aliphatic rings. The SMILES string of the molecule is COc1ccc(Cl)cc1C(N)C(C)(C)C. The minimum absolute atomic E-state index is 0.0159. The quantitative estimate of drug-likeness (QED) is 0.841. The van der Waals surface area contributed by atoms with Crippen molar-refractivity contribution in [3.8, 4) is 5.75 Å². The van der Waals surface area contributed by atoms with Crippen molar-refractivity contribution in [2.75, 3.05) is 7.11 Å². The van der Waals surface area contributed by atoms with Gasteiger partial charge in [-0.3, -0.25) is 0 Å². The van der Waals surface area contributed by atoms with E-state index in [4.69, 9.17) is 22.1 Å². The highest BCUT2D eigenvalue weighted by atomic mass is 35.5. The Balaban J connectivity index is 3.17. The number of ether oxygens (including phenoxy) is 1. The van der Waals surface area contributed by atoms with Gasteiger partial charge in [-0.25, -0.2) is 0 Å². The van der Waals surface area contributed by atoms with E-state index in [1.54, 1.807) is 13.2 Å². The molecule has 1 rings (SSSR count). The number of nitrogens with two attached hydrogens (primary N) is 1. The molecule has 0 aromatic heterocycles. The lowest BCUT2D eigenvalue weighted by Crippen LogP contribution is -2.26. The van der Waals surface area contributed by atoms with Crippen LogP contribution < -0.4 is 10.5 Å². The minimum Gasteiger partial charge on any atom is -0.496 e. The number of rotatable bonds is 2. The molecule has 1 unspecified atom stereocenters. The van der Waals surface area contributed by atoms with Gasteiger partial charge < -0.3 is 10.5 Å². The number of methoxy groups -OCH3 is 1. The average Bonchev–Trinajstić information content (AvgIpc) is 2.15. The Bertz CT molecular complexity index is 344. The van der Waals surface area contributed by atoms with E-state index in [2.05, 4.69) is 20.8 Å². The summed E-state index contributed by atoms with van der Waals surface area (Å²) in [4.78, 5) is 0. The molecule has 0 fully saturated rings. The van der Waals surface area contributed by atoms with Crippen LogP contribution in [0.15, 0.2) is 18.2 Å². The summed E-state index contributed by atoms with van der Waals surface area (Å²) < 4.78 is 5.28. The maximum atomic E-state index is 6.18. The van der Waals surface area contributed by atoms with E-state index in [9.17, 15) is 0 Å². The van der Waals surface area contributed by atoms with E-state index in [0.29, 0.717) is 5.02 Å². The molecule has 0 aliphatic heterocycles. The lowest BCUT2D eigenvalue weighted by Gasteiger charge is -2.28. The summed E-state index contributed by atoms with van der Waals surface area (Å²) in [5.41, 5.74) is 7.12. The van der Waals surface area contributed by atoms with Crippen LogP contribution >= 0.6 is 11.6 Å². The van der Waals surface area contributed by atoms with E-state index in [1.807, 2.05) is 12.1 Å². The summed E-state index contributed by atoms with van der Waals surface area (Å²) >= 11 is 5.96. The molecule has 2 nitrogen and oxygen atoms in total.